The maximum absolute atomic E-state index is 5.69. The maximum atomic E-state index is 5.69. The number of hydrogen-bond acceptors (Lipinski definition) is 6. The van der Waals surface area contributed by atoms with Crippen LogP contribution in [0.4, 0.5) is 5.69 Å². The topological polar surface area (TPSA) is 79.5 Å². The van der Waals surface area contributed by atoms with Crippen molar-refractivity contribution in [1.82, 2.24) is 9.97 Å². The third kappa shape index (κ3) is 3.25. The highest BCUT2D eigenvalue weighted by Gasteiger charge is 2.08. The van der Waals surface area contributed by atoms with Gasteiger partial charge in [0.1, 0.15) is 12.9 Å². The Hall–Kier alpha value is -1.56. The molecule has 0 amide bonds. The molecule has 0 spiro atoms. The fourth-order valence-electron chi connectivity index (χ4n) is 0.984. The summed E-state index contributed by atoms with van der Waals surface area (Å²) in [5.41, 5.74) is 6.00. The van der Waals surface area contributed by atoms with Gasteiger partial charge in [-0.2, -0.15) is 9.97 Å². The summed E-state index contributed by atoms with van der Waals surface area (Å²) in [6.45, 7) is 3.48. The predicted octanol–water partition coefficient (Wildman–Crippen LogP) is 0.483. The van der Waals surface area contributed by atoms with Crippen LogP contribution in [0.15, 0.2) is 6.33 Å². The van der Waals surface area contributed by atoms with Crippen molar-refractivity contribution in [3.05, 3.63) is 6.33 Å². The molecule has 1 rings (SSSR count). The average Bonchev–Trinajstić information content (AvgIpc) is 2.26. The molecule has 0 bridgehead atoms. The molecule has 0 saturated heterocycles. The molecule has 0 aromatic carbocycles. The molecule has 0 unspecified atom stereocenters. The second kappa shape index (κ2) is 6.02. The Morgan fingerprint density at radius 2 is 2.00 bits per heavy atom. The Morgan fingerprint density at radius 3 is 2.67 bits per heavy atom. The third-order valence-electron chi connectivity index (χ3n) is 1.67. The van der Waals surface area contributed by atoms with Crippen molar-refractivity contribution in [2.75, 3.05) is 32.7 Å². The van der Waals surface area contributed by atoms with E-state index in [1.807, 2.05) is 6.92 Å². The van der Waals surface area contributed by atoms with E-state index >= 15 is 0 Å². The Labute approximate surface area is 88.4 Å². The molecule has 0 aliphatic heterocycles. The van der Waals surface area contributed by atoms with Crippen LogP contribution in [0.5, 0.6) is 11.8 Å². The van der Waals surface area contributed by atoms with Crippen LogP contribution in [0.3, 0.4) is 0 Å². The van der Waals surface area contributed by atoms with Crippen molar-refractivity contribution in [2.24, 2.45) is 0 Å². The van der Waals surface area contributed by atoms with E-state index in [4.69, 9.17) is 19.9 Å². The summed E-state index contributed by atoms with van der Waals surface area (Å²) in [6, 6.07) is 0. The van der Waals surface area contributed by atoms with Crippen LogP contribution in [-0.4, -0.2) is 36.9 Å². The number of hydrogen-bond donors (Lipinski definition) is 1. The van der Waals surface area contributed by atoms with Crippen LogP contribution >= 0.6 is 0 Å². The van der Waals surface area contributed by atoms with Crippen molar-refractivity contribution in [3.8, 4) is 11.8 Å². The minimum atomic E-state index is 0.302. The normalized spacial score (nSPS) is 10.0. The van der Waals surface area contributed by atoms with Crippen LogP contribution in [0, 0.1) is 0 Å². The first-order chi connectivity index (χ1) is 7.29. The SMILES string of the molecule is CCOCCOc1ncnc(OC)c1N. The van der Waals surface area contributed by atoms with Crippen molar-refractivity contribution < 1.29 is 14.2 Å². The average molecular weight is 213 g/mol. The summed E-state index contributed by atoms with van der Waals surface area (Å²) in [5.74, 6) is 0.637. The lowest BCUT2D eigenvalue weighted by molar-refractivity contribution is 0.108. The molecule has 0 aliphatic rings. The third-order valence-corrected chi connectivity index (χ3v) is 1.67. The number of anilines is 1. The number of nitrogens with zero attached hydrogens (tertiary/aromatic N) is 2. The number of aromatic nitrogens is 2. The lowest BCUT2D eigenvalue weighted by Crippen LogP contribution is -2.09. The molecule has 84 valence electrons. The minimum absolute atomic E-state index is 0.302. The minimum Gasteiger partial charge on any atom is -0.479 e. The van der Waals surface area contributed by atoms with Gasteiger partial charge < -0.3 is 19.9 Å². The lowest BCUT2D eigenvalue weighted by Gasteiger charge is -2.09. The zero-order valence-electron chi connectivity index (χ0n) is 8.90. The second-order valence-corrected chi connectivity index (χ2v) is 2.65. The summed E-state index contributed by atoms with van der Waals surface area (Å²) < 4.78 is 15.3. The molecule has 6 heteroatoms. The van der Waals surface area contributed by atoms with Gasteiger partial charge in [-0.1, -0.05) is 0 Å². The summed E-state index contributed by atoms with van der Waals surface area (Å²) >= 11 is 0. The first kappa shape index (κ1) is 11.5. The molecule has 6 nitrogen and oxygen atoms in total. The highest BCUT2D eigenvalue weighted by atomic mass is 16.5. The molecule has 1 aromatic heterocycles. The quantitative estimate of drug-likeness (QED) is 0.692. The van der Waals surface area contributed by atoms with E-state index in [2.05, 4.69) is 9.97 Å². The van der Waals surface area contributed by atoms with Gasteiger partial charge in [-0.05, 0) is 6.92 Å². The summed E-state index contributed by atoms with van der Waals surface area (Å²) in [6.07, 6.45) is 1.34. The van der Waals surface area contributed by atoms with Crippen LogP contribution in [0.1, 0.15) is 6.92 Å². The van der Waals surface area contributed by atoms with Gasteiger partial charge in [-0.3, -0.25) is 0 Å². The van der Waals surface area contributed by atoms with Crippen LogP contribution in [0.25, 0.3) is 0 Å². The maximum Gasteiger partial charge on any atom is 0.244 e. The van der Waals surface area contributed by atoms with E-state index in [1.165, 1.54) is 13.4 Å². The number of ether oxygens (including phenoxy) is 3. The Bertz CT molecular complexity index is 307. The number of nitrogen functional groups attached to an aromatic ring is 1. The molecular weight excluding hydrogens is 198 g/mol. The van der Waals surface area contributed by atoms with E-state index in [-0.39, 0.29) is 0 Å². The highest BCUT2D eigenvalue weighted by molar-refractivity contribution is 5.55. The molecule has 0 aliphatic carbocycles. The largest absolute Gasteiger partial charge is 0.479 e. The molecule has 15 heavy (non-hydrogen) atoms. The van der Waals surface area contributed by atoms with Gasteiger partial charge in [0.25, 0.3) is 0 Å². The van der Waals surface area contributed by atoms with E-state index in [1.54, 1.807) is 0 Å². The van der Waals surface area contributed by atoms with Crippen LogP contribution in [0.2, 0.25) is 0 Å². The smallest absolute Gasteiger partial charge is 0.244 e. The van der Waals surface area contributed by atoms with Crippen molar-refractivity contribution in [2.45, 2.75) is 6.92 Å². The number of methoxy groups -OCH3 is 1. The van der Waals surface area contributed by atoms with Crippen molar-refractivity contribution in [1.29, 1.82) is 0 Å². The van der Waals surface area contributed by atoms with Gasteiger partial charge in [0, 0.05) is 6.61 Å². The zero-order valence-corrected chi connectivity index (χ0v) is 8.90. The first-order valence-electron chi connectivity index (χ1n) is 4.64. The van der Waals surface area contributed by atoms with Crippen LogP contribution < -0.4 is 15.2 Å². The van der Waals surface area contributed by atoms with Gasteiger partial charge in [-0.25, -0.2) is 0 Å². The molecule has 1 heterocycles. The predicted molar refractivity (Wildman–Crippen MR) is 55.0 cm³/mol. The standard InChI is InChI=1S/C9H15N3O3/c1-3-14-4-5-15-9-7(10)8(13-2)11-6-12-9/h6H,3-5,10H2,1-2H3. The monoisotopic (exact) mass is 213 g/mol. The summed E-state index contributed by atoms with van der Waals surface area (Å²) in [5, 5.41) is 0. The van der Waals surface area contributed by atoms with E-state index in [0.717, 1.165) is 0 Å². The highest BCUT2D eigenvalue weighted by Crippen LogP contribution is 2.25. The van der Waals surface area contributed by atoms with Crippen LogP contribution in [-0.2, 0) is 4.74 Å². The molecule has 1 aromatic rings. The van der Waals surface area contributed by atoms with Gasteiger partial charge in [-0.15, -0.1) is 0 Å². The molecule has 0 saturated carbocycles. The number of rotatable bonds is 6. The summed E-state index contributed by atoms with van der Waals surface area (Å²) in [7, 11) is 1.49. The Kier molecular flexibility index (Phi) is 4.62. The van der Waals surface area contributed by atoms with E-state index in [9.17, 15) is 0 Å². The second-order valence-electron chi connectivity index (χ2n) is 2.65. The lowest BCUT2D eigenvalue weighted by atomic mass is 10.5. The molecule has 0 fully saturated rings. The van der Waals surface area contributed by atoms with Gasteiger partial charge in [0.2, 0.25) is 11.8 Å². The number of nitrogens with two attached hydrogens (primary N) is 1. The molecule has 2 N–H and O–H groups in total. The van der Waals surface area contributed by atoms with Gasteiger partial charge in [0.05, 0.1) is 13.7 Å². The molecular formula is C9H15N3O3. The summed E-state index contributed by atoms with van der Waals surface area (Å²) in [4.78, 5) is 7.72. The van der Waals surface area contributed by atoms with Gasteiger partial charge >= 0.3 is 0 Å². The zero-order chi connectivity index (χ0) is 11.1. The van der Waals surface area contributed by atoms with Gasteiger partial charge in [0.15, 0.2) is 5.69 Å². The molecule has 0 radical (unpaired) electrons. The fraction of sp³-hybridized carbons (Fsp3) is 0.556. The fourth-order valence-corrected chi connectivity index (χ4v) is 0.984. The van der Waals surface area contributed by atoms with E-state index < -0.39 is 0 Å². The van der Waals surface area contributed by atoms with Crippen molar-refractivity contribution in [3.63, 3.8) is 0 Å². The Morgan fingerprint density at radius 1 is 1.27 bits per heavy atom. The van der Waals surface area contributed by atoms with E-state index in [0.29, 0.717) is 37.3 Å². The molecule has 0 atom stereocenters. The Balaban J connectivity index is 2.53. The first-order valence-corrected chi connectivity index (χ1v) is 4.64. The van der Waals surface area contributed by atoms with Crippen molar-refractivity contribution >= 4 is 5.69 Å².